The second-order valence-corrected chi connectivity index (χ2v) is 6.88. The van der Waals surface area contributed by atoms with Crippen LogP contribution in [0.15, 0.2) is 0 Å². The first-order valence-electron chi connectivity index (χ1n) is 6.59. The van der Waals surface area contributed by atoms with E-state index in [-0.39, 0.29) is 16.7 Å². The summed E-state index contributed by atoms with van der Waals surface area (Å²) >= 11 is 0. The first-order valence-corrected chi connectivity index (χ1v) is 6.59. The van der Waals surface area contributed by atoms with Gasteiger partial charge in [-0.2, -0.15) is 0 Å². The van der Waals surface area contributed by atoms with E-state index in [1.54, 1.807) is 0 Å². The normalized spacial score (nSPS) is 20.6. The van der Waals surface area contributed by atoms with Gasteiger partial charge < -0.3 is 9.47 Å². The van der Waals surface area contributed by atoms with Crippen LogP contribution in [0.5, 0.6) is 0 Å². The molecule has 0 atom stereocenters. The number of ether oxygens (including phenoxy) is 2. The van der Waals surface area contributed by atoms with Crippen molar-refractivity contribution in [3.63, 3.8) is 0 Å². The molecule has 0 radical (unpaired) electrons. The topological polar surface area (TPSA) is 21.7 Å². The molecule has 0 spiro atoms. The third kappa shape index (κ3) is 3.67. The molecule has 0 amide bonds. The number of hydrogen-bond acceptors (Lipinski definition) is 3. The highest BCUT2D eigenvalue weighted by atomic mass is 16.5. The van der Waals surface area contributed by atoms with Gasteiger partial charge in [0.25, 0.3) is 0 Å². The molecule has 102 valence electrons. The van der Waals surface area contributed by atoms with Gasteiger partial charge in [-0.15, -0.1) is 0 Å². The van der Waals surface area contributed by atoms with Crippen LogP contribution in [-0.2, 0) is 9.47 Å². The highest BCUT2D eigenvalue weighted by Crippen LogP contribution is 2.35. The molecule has 0 unspecified atom stereocenters. The molecule has 3 heteroatoms. The third-order valence-corrected chi connectivity index (χ3v) is 3.84. The minimum Gasteiger partial charge on any atom is -0.379 e. The first kappa shape index (κ1) is 14.9. The molecule has 1 heterocycles. The van der Waals surface area contributed by atoms with E-state index in [1.807, 2.05) is 0 Å². The average molecular weight is 243 g/mol. The van der Waals surface area contributed by atoms with Gasteiger partial charge in [-0.3, -0.25) is 4.90 Å². The van der Waals surface area contributed by atoms with E-state index in [4.69, 9.17) is 9.47 Å². The summed E-state index contributed by atoms with van der Waals surface area (Å²) in [5.74, 6) is 0. The van der Waals surface area contributed by atoms with Gasteiger partial charge in [0.15, 0.2) is 0 Å². The maximum atomic E-state index is 6.26. The monoisotopic (exact) mass is 243 g/mol. The second-order valence-electron chi connectivity index (χ2n) is 6.88. The Morgan fingerprint density at radius 2 is 1.35 bits per heavy atom. The van der Waals surface area contributed by atoms with Crippen LogP contribution in [0.1, 0.15) is 48.5 Å². The summed E-state index contributed by atoms with van der Waals surface area (Å²) in [4.78, 5) is 2.47. The Hall–Kier alpha value is -0.120. The summed E-state index contributed by atoms with van der Waals surface area (Å²) in [6, 6.07) is 0. The zero-order valence-electron chi connectivity index (χ0n) is 12.6. The quantitative estimate of drug-likeness (QED) is 0.760. The van der Waals surface area contributed by atoms with Crippen LogP contribution in [0, 0.1) is 0 Å². The second kappa shape index (κ2) is 4.87. The molecular formula is C14H29NO2. The molecule has 0 N–H and O–H groups in total. The maximum absolute atomic E-state index is 6.26. The van der Waals surface area contributed by atoms with Crippen molar-refractivity contribution in [3.8, 4) is 0 Å². The third-order valence-electron chi connectivity index (χ3n) is 3.84. The minimum atomic E-state index is -0.192. The Morgan fingerprint density at radius 3 is 1.76 bits per heavy atom. The predicted octanol–water partition coefficient (Wildman–Crippen LogP) is 2.69. The highest BCUT2D eigenvalue weighted by Gasteiger charge is 2.45. The van der Waals surface area contributed by atoms with Gasteiger partial charge in [0.05, 0.1) is 24.4 Å². The van der Waals surface area contributed by atoms with Gasteiger partial charge in [0.2, 0.25) is 0 Å². The van der Waals surface area contributed by atoms with Crippen molar-refractivity contribution < 1.29 is 9.47 Å². The van der Waals surface area contributed by atoms with Crippen molar-refractivity contribution in [1.82, 2.24) is 4.90 Å². The Labute approximate surface area is 106 Å². The fraction of sp³-hybridized carbons (Fsp3) is 1.00. The lowest BCUT2D eigenvalue weighted by Crippen LogP contribution is -2.63. The van der Waals surface area contributed by atoms with Gasteiger partial charge in [-0.1, -0.05) is 0 Å². The lowest BCUT2D eigenvalue weighted by atomic mass is 9.83. The summed E-state index contributed by atoms with van der Waals surface area (Å²) in [6.07, 6.45) is 0. The zero-order chi connectivity index (χ0) is 13.3. The molecule has 1 saturated heterocycles. The molecule has 1 rings (SSSR count). The number of nitrogens with zero attached hydrogens (tertiary/aromatic N) is 1. The Balaban J connectivity index is 2.79. The molecule has 1 aliphatic rings. The molecule has 0 saturated carbocycles. The van der Waals surface area contributed by atoms with Gasteiger partial charge in [-0.25, -0.2) is 0 Å². The molecule has 1 aliphatic heterocycles. The minimum absolute atomic E-state index is 0.00403. The summed E-state index contributed by atoms with van der Waals surface area (Å²) in [5.41, 5.74) is -0.306. The SMILES string of the molecule is CC(C)(C)OC(C)(C)C(C)(C)N1CCOCC1. The fourth-order valence-corrected chi connectivity index (χ4v) is 2.39. The first-order chi connectivity index (χ1) is 7.56. The van der Waals surface area contributed by atoms with Crippen molar-refractivity contribution in [3.05, 3.63) is 0 Å². The van der Waals surface area contributed by atoms with E-state index in [0.717, 1.165) is 26.3 Å². The van der Waals surface area contributed by atoms with Crippen LogP contribution in [0.3, 0.4) is 0 Å². The van der Waals surface area contributed by atoms with Crippen LogP contribution in [0.2, 0.25) is 0 Å². The van der Waals surface area contributed by atoms with Gasteiger partial charge in [0, 0.05) is 18.6 Å². The van der Waals surface area contributed by atoms with E-state index in [9.17, 15) is 0 Å². The largest absolute Gasteiger partial charge is 0.379 e. The molecule has 0 aliphatic carbocycles. The van der Waals surface area contributed by atoms with E-state index < -0.39 is 0 Å². The predicted molar refractivity (Wildman–Crippen MR) is 71.4 cm³/mol. The van der Waals surface area contributed by atoms with Crippen LogP contribution in [-0.4, -0.2) is 47.9 Å². The molecule has 0 aromatic carbocycles. The van der Waals surface area contributed by atoms with Crippen LogP contribution < -0.4 is 0 Å². The molecule has 17 heavy (non-hydrogen) atoms. The highest BCUT2D eigenvalue weighted by molar-refractivity contribution is 4.98. The van der Waals surface area contributed by atoms with Crippen molar-refractivity contribution >= 4 is 0 Å². The van der Waals surface area contributed by atoms with Crippen molar-refractivity contribution in [1.29, 1.82) is 0 Å². The van der Waals surface area contributed by atoms with E-state index in [2.05, 4.69) is 53.4 Å². The van der Waals surface area contributed by atoms with Crippen LogP contribution in [0.25, 0.3) is 0 Å². The molecule has 0 aromatic heterocycles. The number of morpholine rings is 1. The Morgan fingerprint density at radius 1 is 0.882 bits per heavy atom. The van der Waals surface area contributed by atoms with E-state index >= 15 is 0 Å². The van der Waals surface area contributed by atoms with Gasteiger partial charge >= 0.3 is 0 Å². The lowest BCUT2D eigenvalue weighted by Gasteiger charge is -2.52. The van der Waals surface area contributed by atoms with Crippen molar-refractivity contribution in [2.45, 2.75) is 65.2 Å². The van der Waals surface area contributed by atoms with Crippen LogP contribution in [0.4, 0.5) is 0 Å². The van der Waals surface area contributed by atoms with Gasteiger partial charge in [0.1, 0.15) is 0 Å². The molecule has 1 fully saturated rings. The Kier molecular flexibility index (Phi) is 4.28. The summed E-state index contributed by atoms with van der Waals surface area (Å²) in [5, 5.41) is 0. The standard InChI is InChI=1S/C14H29NO2/c1-12(2,3)17-14(6,7)13(4,5)15-8-10-16-11-9-15/h8-11H2,1-7H3. The summed E-state index contributed by atoms with van der Waals surface area (Å²) in [7, 11) is 0. The summed E-state index contributed by atoms with van der Waals surface area (Å²) in [6.45, 7) is 18.9. The smallest absolute Gasteiger partial charge is 0.0811 e. The number of rotatable bonds is 3. The maximum Gasteiger partial charge on any atom is 0.0811 e. The lowest BCUT2D eigenvalue weighted by molar-refractivity contribution is -0.185. The number of hydrogen-bond donors (Lipinski definition) is 0. The van der Waals surface area contributed by atoms with E-state index in [1.165, 1.54) is 0 Å². The molecule has 0 aromatic rings. The molecule has 0 bridgehead atoms. The fourth-order valence-electron chi connectivity index (χ4n) is 2.39. The van der Waals surface area contributed by atoms with Crippen molar-refractivity contribution in [2.75, 3.05) is 26.3 Å². The van der Waals surface area contributed by atoms with Gasteiger partial charge in [-0.05, 0) is 48.5 Å². The summed E-state index contributed by atoms with van der Waals surface area (Å²) < 4.78 is 11.7. The van der Waals surface area contributed by atoms with Crippen LogP contribution >= 0.6 is 0 Å². The Bertz CT molecular complexity index is 247. The zero-order valence-corrected chi connectivity index (χ0v) is 12.6. The molecular weight excluding hydrogens is 214 g/mol. The van der Waals surface area contributed by atoms with Crippen molar-refractivity contribution in [2.24, 2.45) is 0 Å². The molecule has 3 nitrogen and oxygen atoms in total. The average Bonchev–Trinajstić information content (AvgIpc) is 2.15. The van der Waals surface area contributed by atoms with E-state index in [0.29, 0.717) is 0 Å².